The van der Waals surface area contributed by atoms with Crippen molar-refractivity contribution in [1.82, 2.24) is 0 Å². The van der Waals surface area contributed by atoms with Gasteiger partial charge in [0.15, 0.2) is 5.78 Å². The smallest absolute Gasteiger partial charge is 0.200 e. The SMILES string of the molecule is COc1cc(Br)c(C(=O)c2cc(F)ccc2N)c(OC)c1. The van der Waals surface area contributed by atoms with Crippen LogP contribution in [0.25, 0.3) is 0 Å². The number of carbonyl (C=O) groups is 1. The van der Waals surface area contributed by atoms with Gasteiger partial charge in [-0.3, -0.25) is 4.79 Å². The number of hydrogen-bond acceptors (Lipinski definition) is 4. The van der Waals surface area contributed by atoms with Crippen LogP contribution in [0.1, 0.15) is 15.9 Å². The number of rotatable bonds is 4. The minimum absolute atomic E-state index is 0.0826. The first-order valence-electron chi connectivity index (χ1n) is 5.99. The van der Waals surface area contributed by atoms with Gasteiger partial charge in [-0.2, -0.15) is 0 Å². The summed E-state index contributed by atoms with van der Waals surface area (Å²) in [4.78, 5) is 12.6. The number of ketones is 1. The predicted molar refractivity (Wildman–Crippen MR) is 81.5 cm³/mol. The lowest BCUT2D eigenvalue weighted by atomic mass is 10.0. The molecule has 2 aromatic carbocycles. The van der Waals surface area contributed by atoms with Gasteiger partial charge in [0.25, 0.3) is 0 Å². The zero-order valence-corrected chi connectivity index (χ0v) is 13.0. The number of halogens is 2. The Kier molecular flexibility index (Phi) is 4.47. The van der Waals surface area contributed by atoms with Gasteiger partial charge < -0.3 is 15.2 Å². The third-order valence-electron chi connectivity index (χ3n) is 2.97. The first-order valence-corrected chi connectivity index (χ1v) is 6.78. The van der Waals surface area contributed by atoms with Crippen LogP contribution in [0.4, 0.5) is 10.1 Å². The molecule has 2 aromatic rings. The van der Waals surface area contributed by atoms with Crippen molar-refractivity contribution in [1.29, 1.82) is 0 Å². The lowest BCUT2D eigenvalue weighted by Crippen LogP contribution is -2.09. The van der Waals surface area contributed by atoms with Crippen molar-refractivity contribution in [3.05, 3.63) is 51.7 Å². The molecule has 0 saturated heterocycles. The highest BCUT2D eigenvalue weighted by Gasteiger charge is 2.21. The fourth-order valence-corrected chi connectivity index (χ4v) is 2.52. The molecule has 21 heavy (non-hydrogen) atoms. The molecular formula is C15H13BrFNO3. The molecule has 0 fully saturated rings. The molecule has 110 valence electrons. The number of benzene rings is 2. The molecule has 4 nitrogen and oxygen atoms in total. The van der Waals surface area contributed by atoms with E-state index in [4.69, 9.17) is 15.2 Å². The minimum atomic E-state index is -0.531. The second-order valence-electron chi connectivity index (χ2n) is 4.25. The van der Waals surface area contributed by atoms with Crippen LogP contribution in [-0.4, -0.2) is 20.0 Å². The van der Waals surface area contributed by atoms with Crippen molar-refractivity contribution >= 4 is 27.4 Å². The molecule has 0 aromatic heterocycles. The summed E-state index contributed by atoms with van der Waals surface area (Å²) in [6.07, 6.45) is 0. The summed E-state index contributed by atoms with van der Waals surface area (Å²) >= 11 is 3.31. The van der Waals surface area contributed by atoms with E-state index in [1.807, 2.05) is 0 Å². The molecule has 0 radical (unpaired) electrons. The maximum absolute atomic E-state index is 13.4. The maximum atomic E-state index is 13.4. The highest BCUT2D eigenvalue weighted by molar-refractivity contribution is 9.10. The fourth-order valence-electron chi connectivity index (χ4n) is 1.92. The number of methoxy groups -OCH3 is 2. The van der Waals surface area contributed by atoms with Crippen LogP contribution in [0.2, 0.25) is 0 Å². The highest BCUT2D eigenvalue weighted by atomic mass is 79.9. The molecule has 2 N–H and O–H groups in total. The largest absolute Gasteiger partial charge is 0.497 e. The van der Waals surface area contributed by atoms with Gasteiger partial charge in [0.2, 0.25) is 0 Å². The van der Waals surface area contributed by atoms with Crippen molar-refractivity contribution in [2.75, 3.05) is 20.0 Å². The lowest BCUT2D eigenvalue weighted by Gasteiger charge is -2.13. The molecule has 0 saturated carbocycles. The summed E-state index contributed by atoms with van der Waals surface area (Å²) in [7, 11) is 2.94. The molecule has 0 aliphatic carbocycles. The Labute approximate surface area is 129 Å². The van der Waals surface area contributed by atoms with Crippen LogP contribution < -0.4 is 15.2 Å². The number of nitrogens with two attached hydrogens (primary N) is 1. The van der Waals surface area contributed by atoms with Crippen molar-refractivity contribution in [3.8, 4) is 11.5 Å². The molecule has 0 atom stereocenters. The molecule has 0 unspecified atom stereocenters. The Hall–Kier alpha value is -2.08. The van der Waals surface area contributed by atoms with E-state index in [1.54, 1.807) is 12.1 Å². The van der Waals surface area contributed by atoms with E-state index in [2.05, 4.69) is 15.9 Å². The molecule has 0 heterocycles. The fraction of sp³-hybridized carbons (Fsp3) is 0.133. The summed E-state index contributed by atoms with van der Waals surface area (Å²) in [6.45, 7) is 0. The van der Waals surface area contributed by atoms with Crippen molar-refractivity contribution in [3.63, 3.8) is 0 Å². The van der Waals surface area contributed by atoms with Crippen LogP contribution in [0, 0.1) is 5.82 Å². The predicted octanol–water partition coefficient (Wildman–Crippen LogP) is 3.42. The normalized spacial score (nSPS) is 10.3. The first kappa shape index (κ1) is 15.3. The molecule has 0 spiro atoms. The molecule has 0 aliphatic rings. The van der Waals surface area contributed by atoms with Gasteiger partial charge in [0.05, 0.1) is 19.8 Å². The summed E-state index contributed by atoms with van der Waals surface area (Å²) in [5, 5.41) is 0. The Morgan fingerprint density at radius 2 is 1.90 bits per heavy atom. The second-order valence-corrected chi connectivity index (χ2v) is 5.10. The summed E-state index contributed by atoms with van der Waals surface area (Å²) in [5.74, 6) is -0.119. The zero-order valence-electron chi connectivity index (χ0n) is 11.4. The van der Waals surface area contributed by atoms with Gasteiger partial charge >= 0.3 is 0 Å². The Morgan fingerprint density at radius 3 is 2.52 bits per heavy atom. The quantitative estimate of drug-likeness (QED) is 0.675. The van der Waals surface area contributed by atoms with Crippen LogP contribution in [0.3, 0.4) is 0 Å². The highest BCUT2D eigenvalue weighted by Crippen LogP contribution is 2.35. The van der Waals surface area contributed by atoms with Gasteiger partial charge in [0.1, 0.15) is 17.3 Å². The van der Waals surface area contributed by atoms with Gasteiger partial charge in [-0.1, -0.05) is 0 Å². The van der Waals surface area contributed by atoms with Crippen molar-refractivity contribution < 1.29 is 18.7 Å². The summed E-state index contributed by atoms with van der Waals surface area (Å²) < 4.78 is 24.2. The number of nitrogen functional groups attached to an aromatic ring is 1. The minimum Gasteiger partial charge on any atom is -0.497 e. The van der Waals surface area contributed by atoms with E-state index in [9.17, 15) is 9.18 Å². The third-order valence-corrected chi connectivity index (χ3v) is 3.60. The average molecular weight is 354 g/mol. The van der Waals surface area contributed by atoms with E-state index in [-0.39, 0.29) is 16.8 Å². The number of anilines is 1. The van der Waals surface area contributed by atoms with Gasteiger partial charge in [-0.15, -0.1) is 0 Å². The lowest BCUT2D eigenvalue weighted by molar-refractivity contribution is 0.103. The van der Waals surface area contributed by atoms with Gasteiger partial charge in [-0.25, -0.2) is 4.39 Å². The van der Waals surface area contributed by atoms with E-state index >= 15 is 0 Å². The van der Waals surface area contributed by atoms with E-state index < -0.39 is 11.6 Å². The van der Waals surface area contributed by atoms with E-state index in [0.29, 0.717) is 16.0 Å². The monoisotopic (exact) mass is 353 g/mol. The van der Waals surface area contributed by atoms with E-state index in [0.717, 1.165) is 6.07 Å². The van der Waals surface area contributed by atoms with Crippen LogP contribution in [0.15, 0.2) is 34.8 Å². The Bertz CT molecular complexity index is 704. The molecular weight excluding hydrogens is 341 g/mol. The van der Waals surface area contributed by atoms with Gasteiger partial charge in [-0.05, 0) is 40.2 Å². The van der Waals surface area contributed by atoms with Crippen LogP contribution >= 0.6 is 15.9 Å². The third kappa shape index (κ3) is 3.00. The van der Waals surface area contributed by atoms with Crippen LogP contribution in [0.5, 0.6) is 11.5 Å². The molecule has 6 heteroatoms. The van der Waals surface area contributed by atoms with Crippen LogP contribution in [-0.2, 0) is 0 Å². The summed E-state index contributed by atoms with van der Waals surface area (Å²) in [5.41, 5.74) is 6.30. The molecule has 0 bridgehead atoms. The Morgan fingerprint density at radius 1 is 1.19 bits per heavy atom. The number of carbonyl (C=O) groups excluding carboxylic acids is 1. The average Bonchev–Trinajstić information content (AvgIpc) is 2.48. The van der Waals surface area contributed by atoms with Gasteiger partial charge in [0, 0.05) is 21.8 Å². The second kappa shape index (κ2) is 6.13. The van der Waals surface area contributed by atoms with Crippen molar-refractivity contribution in [2.45, 2.75) is 0 Å². The number of ether oxygens (including phenoxy) is 2. The van der Waals surface area contributed by atoms with E-state index in [1.165, 1.54) is 26.4 Å². The Balaban J connectivity index is 2.60. The van der Waals surface area contributed by atoms with Crippen molar-refractivity contribution in [2.24, 2.45) is 0 Å². The molecule has 0 aliphatic heterocycles. The topological polar surface area (TPSA) is 61.5 Å². The number of hydrogen-bond donors (Lipinski definition) is 1. The maximum Gasteiger partial charge on any atom is 0.200 e. The standard InChI is InChI=1S/C15H13BrFNO3/c1-20-9-6-11(16)14(13(7-9)21-2)15(19)10-5-8(17)3-4-12(10)18/h3-7H,18H2,1-2H3. The first-order chi connectivity index (χ1) is 9.97. The molecule has 0 amide bonds. The molecule has 2 rings (SSSR count). The zero-order chi connectivity index (χ0) is 15.6. The summed E-state index contributed by atoms with van der Waals surface area (Å²) in [6, 6.07) is 6.87.